The third kappa shape index (κ3) is 5.25. The first kappa shape index (κ1) is 23.8. The van der Waals surface area contributed by atoms with Gasteiger partial charge in [-0.2, -0.15) is 0 Å². The zero-order valence-electron chi connectivity index (χ0n) is 19.5. The number of ether oxygens (including phenoxy) is 3. The third-order valence-electron chi connectivity index (χ3n) is 7.41. The Balaban J connectivity index is 1.59. The molecule has 2 saturated carbocycles. The summed E-state index contributed by atoms with van der Waals surface area (Å²) in [7, 11) is 1.36. The van der Waals surface area contributed by atoms with Gasteiger partial charge in [0.2, 0.25) is 6.29 Å². The molecule has 1 aromatic rings. The van der Waals surface area contributed by atoms with Crippen LogP contribution in [-0.4, -0.2) is 49.6 Å². The van der Waals surface area contributed by atoms with E-state index in [-0.39, 0.29) is 36.4 Å². The summed E-state index contributed by atoms with van der Waals surface area (Å²) in [4.78, 5) is 25.0. The quantitative estimate of drug-likeness (QED) is 0.551. The van der Waals surface area contributed by atoms with Crippen molar-refractivity contribution in [2.24, 2.45) is 17.8 Å². The molecule has 2 aliphatic carbocycles. The summed E-state index contributed by atoms with van der Waals surface area (Å²) in [6, 6.07) is 7.46. The van der Waals surface area contributed by atoms with Gasteiger partial charge in [-0.05, 0) is 74.6 Å². The largest absolute Gasteiger partial charge is 0.465 e. The van der Waals surface area contributed by atoms with Gasteiger partial charge in [-0.15, -0.1) is 0 Å². The normalized spacial score (nSPS) is 30.5. The number of esters is 1. The Bertz CT molecular complexity index is 866. The van der Waals surface area contributed by atoms with Gasteiger partial charge in [0.1, 0.15) is 0 Å². The molecule has 3 aliphatic rings. The van der Waals surface area contributed by atoms with Crippen molar-refractivity contribution in [2.75, 3.05) is 20.3 Å². The minimum absolute atomic E-state index is 0.0693. The van der Waals surface area contributed by atoms with Gasteiger partial charge in [0.15, 0.2) is 5.76 Å². The molecule has 1 aliphatic heterocycles. The van der Waals surface area contributed by atoms with Crippen LogP contribution in [0.3, 0.4) is 0 Å². The lowest BCUT2D eigenvalue weighted by Crippen LogP contribution is -2.43. The molecule has 0 saturated heterocycles. The highest BCUT2D eigenvalue weighted by molar-refractivity contribution is 5.92. The van der Waals surface area contributed by atoms with Crippen molar-refractivity contribution < 1.29 is 28.9 Å². The minimum atomic E-state index is -0.586. The number of hydrogen-bond donors (Lipinski definition) is 2. The first-order valence-electron chi connectivity index (χ1n) is 12.1. The van der Waals surface area contributed by atoms with E-state index in [4.69, 9.17) is 14.2 Å². The molecule has 2 fully saturated rings. The Labute approximate surface area is 195 Å². The Morgan fingerprint density at radius 2 is 1.97 bits per heavy atom. The molecule has 180 valence electrons. The van der Waals surface area contributed by atoms with Gasteiger partial charge in [-0.1, -0.05) is 18.6 Å². The van der Waals surface area contributed by atoms with E-state index >= 15 is 0 Å². The second kappa shape index (κ2) is 10.7. The zero-order chi connectivity index (χ0) is 23.4. The molecule has 7 heteroatoms. The van der Waals surface area contributed by atoms with E-state index < -0.39 is 6.29 Å². The molecule has 0 aromatic heterocycles. The SMILES string of the molecule is CCOC1OC(C(=O)NC2CC3CCC2C3)=CC(c2ccc(C(=O)OC)cc2)C1CCCO. The number of aliphatic hydroxyl groups excluding tert-OH is 1. The average molecular weight is 458 g/mol. The van der Waals surface area contributed by atoms with E-state index in [9.17, 15) is 14.7 Å². The average Bonchev–Trinajstić information content (AvgIpc) is 3.46. The number of aliphatic hydroxyl groups is 1. The first-order valence-corrected chi connectivity index (χ1v) is 12.1. The number of carbonyl (C=O) groups is 2. The molecule has 2 bridgehead atoms. The van der Waals surface area contributed by atoms with Crippen molar-refractivity contribution in [3.05, 3.63) is 47.2 Å². The lowest BCUT2D eigenvalue weighted by molar-refractivity contribution is -0.167. The molecule has 0 radical (unpaired) electrons. The van der Waals surface area contributed by atoms with E-state index in [0.29, 0.717) is 36.7 Å². The number of allylic oxidation sites excluding steroid dienone is 1. The van der Waals surface area contributed by atoms with Gasteiger partial charge in [0, 0.05) is 31.1 Å². The van der Waals surface area contributed by atoms with Gasteiger partial charge < -0.3 is 24.6 Å². The summed E-state index contributed by atoms with van der Waals surface area (Å²) < 4.78 is 16.8. The summed E-state index contributed by atoms with van der Waals surface area (Å²) >= 11 is 0. The van der Waals surface area contributed by atoms with Crippen LogP contribution in [0.2, 0.25) is 0 Å². The molecular formula is C26H35NO6. The molecule has 4 rings (SSSR count). The monoisotopic (exact) mass is 457 g/mol. The van der Waals surface area contributed by atoms with Crippen LogP contribution in [0.4, 0.5) is 0 Å². The number of rotatable bonds is 9. The molecule has 33 heavy (non-hydrogen) atoms. The highest BCUT2D eigenvalue weighted by Crippen LogP contribution is 2.45. The van der Waals surface area contributed by atoms with E-state index in [2.05, 4.69) is 5.32 Å². The van der Waals surface area contributed by atoms with Gasteiger partial charge >= 0.3 is 5.97 Å². The van der Waals surface area contributed by atoms with Gasteiger partial charge in [0.05, 0.1) is 12.7 Å². The fourth-order valence-corrected chi connectivity index (χ4v) is 5.77. The topological polar surface area (TPSA) is 94.1 Å². The number of hydrogen-bond acceptors (Lipinski definition) is 6. The first-order chi connectivity index (χ1) is 16.0. The highest BCUT2D eigenvalue weighted by Gasteiger charge is 2.42. The van der Waals surface area contributed by atoms with Crippen LogP contribution in [0.1, 0.15) is 67.3 Å². The second-order valence-corrected chi connectivity index (χ2v) is 9.40. The van der Waals surface area contributed by atoms with Crippen LogP contribution >= 0.6 is 0 Å². The maximum atomic E-state index is 13.2. The number of methoxy groups -OCH3 is 1. The van der Waals surface area contributed by atoms with Crippen molar-refractivity contribution in [3.8, 4) is 0 Å². The van der Waals surface area contributed by atoms with Gasteiger partial charge in [0.25, 0.3) is 5.91 Å². The number of carbonyl (C=O) groups excluding carboxylic acids is 2. The number of benzene rings is 1. The lowest BCUT2D eigenvalue weighted by atomic mass is 9.80. The van der Waals surface area contributed by atoms with E-state index in [1.807, 2.05) is 25.1 Å². The fraction of sp³-hybridized carbons (Fsp3) is 0.615. The number of nitrogens with one attached hydrogen (secondary N) is 1. The minimum Gasteiger partial charge on any atom is -0.465 e. The Hall–Kier alpha value is -2.38. The van der Waals surface area contributed by atoms with Crippen molar-refractivity contribution in [2.45, 2.75) is 63.7 Å². The zero-order valence-corrected chi connectivity index (χ0v) is 19.5. The summed E-state index contributed by atoms with van der Waals surface area (Å²) in [6.07, 6.45) is 7.32. The van der Waals surface area contributed by atoms with E-state index in [1.165, 1.54) is 26.4 Å². The molecule has 6 unspecified atom stereocenters. The summed E-state index contributed by atoms with van der Waals surface area (Å²) in [5.41, 5.74) is 1.43. The highest BCUT2D eigenvalue weighted by atomic mass is 16.7. The molecule has 1 aromatic carbocycles. The number of fused-ring (bicyclic) bond motifs is 2. The summed E-state index contributed by atoms with van der Waals surface area (Å²) in [6.45, 7) is 2.43. The second-order valence-electron chi connectivity index (χ2n) is 9.40. The van der Waals surface area contributed by atoms with Crippen LogP contribution in [0, 0.1) is 17.8 Å². The Kier molecular flexibility index (Phi) is 7.71. The van der Waals surface area contributed by atoms with Crippen LogP contribution < -0.4 is 5.32 Å². The van der Waals surface area contributed by atoms with Crippen molar-refractivity contribution in [3.63, 3.8) is 0 Å². The molecule has 7 nitrogen and oxygen atoms in total. The van der Waals surface area contributed by atoms with Crippen molar-refractivity contribution in [1.29, 1.82) is 0 Å². The predicted molar refractivity (Wildman–Crippen MR) is 122 cm³/mol. The maximum Gasteiger partial charge on any atom is 0.337 e. The van der Waals surface area contributed by atoms with Gasteiger partial charge in [-0.3, -0.25) is 4.79 Å². The molecule has 1 heterocycles. The van der Waals surface area contributed by atoms with E-state index in [1.54, 1.807) is 12.1 Å². The molecular weight excluding hydrogens is 422 g/mol. The predicted octanol–water partition coefficient (Wildman–Crippen LogP) is 3.53. The number of amides is 1. The fourth-order valence-electron chi connectivity index (χ4n) is 5.77. The van der Waals surface area contributed by atoms with Crippen LogP contribution in [0.5, 0.6) is 0 Å². The summed E-state index contributed by atoms with van der Waals surface area (Å²) in [5, 5.41) is 12.6. The Morgan fingerprint density at radius 1 is 1.18 bits per heavy atom. The van der Waals surface area contributed by atoms with Crippen LogP contribution in [0.15, 0.2) is 36.1 Å². The standard InChI is InChI=1S/C26H35NO6/c1-3-32-26-20(5-4-12-28)21(17-8-10-18(11-9-17)25(30)31-2)15-23(33-26)24(29)27-22-14-16-6-7-19(22)13-16/h8-11,15-16,19-22,26,28H,3-7,12-14H2,1-2H3,(H,27,29). The summed E-state index contributed by atoms with van der Waals surface area (Å²) in [5.74, 6) is 0.812. The smallest absolute Gasteiger partial charge is 0.337 e. The maximum absolute atomic E-state index is 13.2. The molecule has 2 N–H and O–H groups in total. The van der Waals surface area contributed by atoms with Crippen LogP contribution in [0.25, 0.3) is 0 Å². The molecule has 1 amide bonds. The third-order valence-corrected chi connectivity index (χ3v) is 7.41. The van der Waals surface area contributed by atoms with Crippen LogP contribution in [-0.2, 0) is 19.0 Å². The molecule has 0 spiro atoms. The van der Waals surface area contributed by atoms with Gasteiger partial charge in [-0.25, -0.2) is 4.79 Å². The molecule has 6 atom stereocenters. The van der Waals surface area contributed by atoms with Crippen molar-refractivity contribution in [1.82, 2.24) is 5.32 Å². The van der Waals surface area contributed by atoms with E-state index in [0.717, 1.165) is 17.9 Å². The Morgan fingerprint density at radius 3 is 2.58 bits per heavy atom. The van der Waals surface area contributed by atoms with Crippen molar-refractivity contribution >= 4 is 11.9 Å². The lowest BCUT2D eigenvalue weighted by Gasteiger charge is -2.37.